The van der Waals surface area contributed by atoms with Crippen molar-refractivity contribution in [3.63, 3.8) is 0 Å². The van der Waals surface area contributed by atoms with Crippen LogP contribution in [-0.2, 0) is 4.79 Å². The topological polar surface area (TPSA) is 83.0 Å². The molecule has 1 fully saturated rings. The van der Waals surface area contributed by atoms with Crippen molar-refractivity contribution in [2.75, 3.05) is 26.7 Å². The fraction of sp³-hybridized carbons (Fsp3) is 0.480. The predicted octanol–water partition coefficient (Wildman–Crippen LogP) is 2.98. The molecule has 3 atom stereocenters. The number of benzene rings is 1. The third kappa shape index (κ3) is 4.85. The lowest BCUT2D eigenvalue weighted by molar-refractivity contribution is -0.132. The Balaban J connectivity index is 1.71. The molecule has 2 aromatic rings. The Labute approximate surface area is 193 Å². The van der Waals surface area contributed by atoms with Crippen LogP contribution in [0, 0.1) is 17.7 Å². The normalized spacial score (nSPS) is 21.5. The number of hydrogen-bond donors (Lipinski definition) is 1. The third-order valence-corrected chi connectivity index (χ3v) is 6.46. The van der Waals surface area contributed by atoms with E-state index in [1.165, 1.54) is 12.3 Å². The van der Waals surface area contributed by atoms with Gasteiger partial charge in [0.2, 0.25) is 11.8 Å². The average Bonchev–Trinajstić information content (AvgIpc) is 3.66. The van der Waals surface area contributed by atoms with E-state index in [2.05, 4.69) is 4.98 Å². The fourth-order valence-electron chi connectivity index (χ4n) is 4.16. The van der Waals surface area contributed by atoms with Crippen LogP contribution in [0.1, 0.15) is 37.0 Å². The summed E-state index contributed by atoms with van der Waals surface area (Å²) in [5.41, 5.74) is 1.01. The summed E-state index contributed by atoms with van der Waals surface area (Å²) in [4.78, 5) is 33.7. The van der Waals surface area contributed by atoms with E-state index in [9.17, 15) is 19.1 Å². The molecule has 176 valence electrons. The highest BCUT2D eigenvalue weighted by Crippen LogP contribution is 2.33. The first-order valence-electron chi connectivity index (χ1n) is 11.4. The number of likely N-dealkylation sites (N-methyl/N-ethyl adjacent to an activating group) is 1. The molecule has 2 heterocycles. The number of fused-ring (bicyclic) bond motifs is 1. The number of carbonyl (C=O) groups is 2. The van der Waals surface area contributed by atoms with Gasteiger partial charge >= 0.3 is 0 Å². The number of nitrogens with zero attached hydrogens (tertiary/aromatic N) is 3. The van der Waals surface area contributed by atoms with Crippen LogP contribution >= 0.6 is 0 Å². The first kappa shape index (κ1) is 23.2. The minimum atomic E-state index is -0.422. The first-order valence-corrected chi connectivity index (χ1v) is 11.4. The van der Waals surface area contributed by atoms with Crippen LogP contribution in [0.25, 0.3) is 11.1 Å². The molecule has 1 N–H and O–H groups in total. The van der Waals surface area contributed by atoms with E-state index in [1.54, 1.807) is 48.0 Å². The Morgan fingerprint density at radius 1 is 1.33 bits per heavy atom. The van der Waals surface area contributed by atoms with E-state index >= 15 is 0 Å². The van der Waals surface area contributed by atoms with Crippen LogP contribution in [0.4, 0.5) is 4.39 Å². The van der Waals surface area contributed by atoms with Crippen LogP contribution in [0.3, 0.4) is 0 Å². The summed E-state index contributed by atoms with van der Waals surface area (Å²) < 4.78 is 20.6. The molecular formula is C25H30FN3O4. The van der Waals surface area contributed by atoms with Gasteiger partial charge in [0.1, 0.15) is 17.5 Å². The lowest BCUT2D eigenvalue weighted by Gasteiger charge is -2.37. The Hall–Kier alpha value is -3.00. The van der Waals surface area contributed by atoms with Crippen LogP contribution < -0.4 is 4.74 Å². The van der Waals surface area contributed by atoms with Crippen molar-refractivity contribution < 1.29 is 23.8 Å². The summed E-state index contributed by atoms with van der Waals surface area (Å²) in [7, 11) is 1.77. The van der Waals surface area contributed by atoms with E-state index in [-0.39, 0.29) is 41.7 Å². The molecule has 4 rings (SSSR count). The van der Waals surface area contributed by atoms with Crippen LogP contribution in [-0.4, -0.2) is 70.6 Å². The molecule has 0 radical (unpaired) electrons. The van der Waals surface area contributed by atoms with Gasteiger partial charge in [0.05, 0.1) is 19.2 Å². The van der Waals surface area contributed by atoms with Crippen molar-refractivity contribution in [1.29, 1.82) is 0 Å². The number of carbonyl (C=O) groups excluding carboxylic acids is 2. The Kier molecular flexibility index (Phi) is 6.65. The summed E-state index contributed by atoms with van der Waals surface area (Å²) in [6, 6.07) is 7.47. The van der Waals surface area contributed by atoms with Crippen LogP contribution in [0.2, 0.25) is 0 Å². The maximum atomic E-state index is 14.4. The lowest BCUT2D eigenvalue weighted by Crippen LogP contribution is -2.50. The van der Waals surface area contributed by atoms with Gasteiger partial charge in [-0.15, -0.1) is 0 Å². The minimum Gasteiger partial charge on any atom is -0.472 e. The maximum Gasteiger partial charge on any atom is 0.259 e. The Morgan fingerprint density at radius 3 is 2.73 bits per heavy atom. The van der Waals surface area contributed by atoms with Gasteiger partial charge in [-0.2, -0.15) is 0 Å². The quantitative estimate of drug-likeness (QED) is 0.724. The minimum absolute atomic E-state index is 0.0973. The molecule has 2 amide bonds. The number of hydrogen-bond acceptors (Lipinski definition) is 5. The zero-order chi connectivity index (χ0) is 23.7. The third-order valence-electron chi connectivity index (χ3n) is 6.46. The maximum absolute atomic E-state index is 14.4. The molecule has 33 heavy (non-hydrogen) atoms. The van der Waals surface area contributed by atoms with Gasteiger partial charge < -0.3 is 19.6 Å². The van der Waals surface area contributed by atoms with Crippen LogP contribution in [0.15, 0.2) is 36.5 Å². The molecule has 0 unspecified atom stereocenters. The molecule has 0 saturated heterocycles. The van der Waals surface area contributed by atoms with Crippen molar-refractivity contribution in [2.24, 2.45) is 11.8 Å². The number of aromatic nitrogens is 1. The Bertz CT molecular complexity index is 1040. The number of rotatable bonds is 6. The highest BCUT2D eigenvalue weighted by atomic mass is 19.1. The molecule has 1 aromatic carbocycles. The van der Waals surface area contributed by atoms with E-state index in [0.29, 0.717) is 24.2 Å². The molecule has 1 saturated carbocycles. The van der Waals surface area contributed by atoms with Crippen LogP contribution in [0.5, 0.6) is 5.88 Å². The summed E-state index contributed by atoms with van der Waals surface area (Å²) in [5, 5.41) is 9.78. The lowest BCUT2D eigenvalue weighted by atomic mass is 9.99. The fourth-order valence-corrected chi connectivity index (χ4v) is 4.16. The first-order chi connectivity index (χ1) is 15.8. The second kappa shape index (κ2) is 9.47. The molecule has 1 aromatic heterocycles. The summed E-state index contributed by atoms with van der Waals surface area (Å²) in [5.74, 6) is -0.499. The number of aliphatic hydroxyl groups excluding tert-OH is 1. The van der Waals surface area contributed by atoms with Crippen molar-refractivity contribution in [3.05, 3.63) is 47.9 Å². The number of aliphatic hydroxyl groups is 1. The monoisotopic (exact) mass is 455 g/mol. The molecule has 8 heteroatoms. The van der Waals surface area contributed by atoms with Crippen molar-refractivity contribution in [2.45, 2.75) is 38.8 Å². The highest BCUT2D eigenvalue weighted by Gasteiger charge is 2.37. The number of halogens is 1. The van der Waals surface area contributed by atoms with Gasteiger partial charge in [0, 0.05) is 42.8 Å². The molecule has 2 aliphatic rings. The molecule has 7 nitrogen and oxygen atoms in total. The average molecular weight is 456 g/mol. The predicted molar refractivity (Wildman–Crippen MR) is 121 cm³/mol. The van der Waals surface area contributed by atoms with Gasteiger partial charge in [-0.05, 0) is 31.9 Å². The van der Waals surface area contributed by atoms with Crippen molar-refractivity contribution in [3.8, 4) is 17.0 Å². The summed E-state index contributed by atoms with van der Waals surface area (Å²) >= 11 is 0. The van der Waals surface area contributed by atoms with Gasteiger partial charge in [-0.25, -0.2) is 9.37 Å². The van der Waals surface area contributed by atoms with E-state index < -0.39 is 18.0 Å². The summed E-state index contributed by atoms with van der Waals surface area (Å²) in [6.07, 6.45) is 2.94. The van der Waals surface area contributed by atoms with E-state index in [4.69, 9.17) is 4.74 Å². The highest BCUT2D eigenvalue weighted by molar-refractivity contribution is 5.98. The summed E-state index contributed by atoms with van der Waals surface area (Å²) in [6.45, 7) is 4.25. The standard InChI is InChI=1S/C25H30FN3O4/c1-15-12-29(16(2)14-30)25(32)20-10-18(19-6-4-5-7-21(19)26)11-27-23(20)33-22(15)13-28(3)24(31)17-8-9-17/h4-7,10-11,15-17,22,30H,8-9,12-14H2,1-3H3/t15-,16-,22-/m0/s1. The largest absolute Gasteiger partial charge is 0.472 e. The molecule has 0 bridgehead atoms. The van der Waals surface area contributed by atoms with E-state index in [1.807, 2.05) is 6.92 Å². The smallest absolute Gasteiger partial charge is 0.259 e. The molecular weight excluding hydrogens is 425 g/mol. The SMILES string of the molecule is C[C@H]1CN([C@@H](C)CO)C(=O)c2cc(-c3ccccc3F)cnc2O[C@H]1CN(C)C(=O)C1CC1. The number of ether oxygens (including phenoxy) is 1. The second-order valence-corrected chi connectivity index (χ2v) is 9.17. The molecule has 0 spiro atoms. The van der Waals surface area contributed by atoms with Crippen molar-refractivity contribution >= 4 is 11.8 Å². The van der Waals surface area contributed by atoms with Crippen molar-refractivity contribution in [1.82, 2.24) is 14.8 Å². The molecule has 1 aliphatic carbocycles. The van der Waals surface area contributed by atoms with Gasteiger partial charge in [-0.3, -0.25) is 9.59 Å². The van der Waals surface area contributed by atoms with Gasteiger partial charge in [0.15, 0.2) is 0 Å². The molecule has 1 aliphatic heterocycles. The van der Waals surface area contributed by atoms with Gasteiger partial charge in [-0.1, -0.05) is 25.1 Å². The van der Waals surface area contributed by atoms with Gasteiger partial charge in [0.25, 0.3) is 5.91 Å². The van der Waals surface area contributed by atoms with E-state index in [0.717, 1.165) is 12.8 Å². The number of amides is 2. The Morgan fingerprint density at radius 2 is 2.06 bits per heavy atom. The zero-order valence-electron chi connectivity index (χ0n) is 19.2. The number of pyridine rings is 1. The zero-order valence-corrected chi connectivity index (χ0v) is 19.2. The second-order valence-electron chi connectivity index (χ2n) is 9.17.